The normalized spacial score (nSPS) is 33.9. The maximum absolute atomic E-state index is 11.5. The van der Waals surface area contributed by atoms with Gasteiger partial charge in [-0.3, -0.25) is 4.79 Å². The van der Waals surface area contributed by atoms with Crippen molar-refractivity contribution in [2.75, 3.05) is 19.7 Å². The maximum Gasteiger partial charge on any atom is 0.320 e. The molecular weight excluding hydrogens is 278 g/mol. The second-order valence-corrected chi connectivity index (χ2v) is 7.86. The first-order valence-corrected chi connectivity index (χ1v) is 8.83. The first-order valence-electron chi connectivity index (χ1n) is 8.83. The molecule has 0 amide bonds. The van der Waals surface area contributed by atoms with Gasteiger partial charge in [0, 0.05) is 6.54 Å². The Morgan fingerprint density at radius 1 is 1.36 bits per heavy atom. The molecule has 4 heteroatoms. The molecule has 2 rings (SSSR count). The van der Waals surface area contributed by atoms with E-state index in [1.165, 1.54) is 19.3 Å². The van der Waals surface area contributed by atoms with Gasteiger partial charge in [-0.15, -0.1) is 0 Å². The highest BCUT2D eigenvalue weighted by Crippen LogP contribution is 2.66. The van der Waals surface area contributed by atoms with Gasteiger partial charge in [-0.1, -0.05) is 27.7 Å². The van der Waals surface area contributed by atoms with E-state index in [0.717, 1.165) is 12.3 Å². The lowest BCUT2D eigenvalue weighted by atomic mass is 9.70. The van der Waals surface area contributed by atoms with E-state index in [0.29, 0.717) is 30.1 Å². The Hall–Kier alpha value is -0.610. The zero-order valence-electron chi connectivity index (χ0n) is 14.9. The van der Waals surface area contributed by atoms with Crippen molar-refractivity contribution in [2.45, 2.75) is 72.5 Å². The smallest absolute Gasteiger partial charge is 0.320 e. The molecule has 2 bridgehead atoms. The number of esters is 1. The molecule has 0 aromatic heterocycles. The number of ether oxygens (including phenoxy) is 2. The highest BCUT2D eigenvalue weighted by Gasteiger charge is 2.61. The van der Waals surface area contributed by atoms with Gasteiger partial charge in [0.2, 0.25) is 0 Å². The molecule has 0 unspecified atom stereocenters. The Balaban J connectivity index is 1.63. The fourth-order valence-electron chi connectivity index (χ4n) is 4.20. The van der Waals surface area contributed by atoms with E-state index < -0.39 is 0 Å². The first-order chi connectivity index (χ1) is 10.3. The molecule has 0 aliphatic heterocycles. The minimum absolute atomic E-state index is 0.00164. The Kier molecular flexibility index (Phi) is 5.54. The van der Waals surface area contributed by atoms with Crippen LogP contribution < -0.4 is 5.32 Å². The SMILES string of the molecule is CC[C@H](C)OC(=O)CNCCO[C@H]1C[C@H]2CC[C@@]1(C)C2(C)C. The van der Waals surface area contributed by atoms with Crippen LogP contribution in [0.1, 0.15) is 60.3 Å². The molecule has 0 radical (unpaired) electrons. The van der Waals surface area contributed by atoms with E-state index in [1.807, 2.05) is 13.8 Å². The summed E-state index contributed by atoms with van der Waals surface area (Å²) in [5, 5.41) is 3.12. The van der Waals surface area contributed by atoms with Gasteiger partial charge in [-0.05, 0) is 49.4 Å². The third-order valence-corrected chi connectivity index (χ3v) is 6.49. The second-order valence-electron chi connectivity index (χ2n) is 7.86. The summed E-state index contributed by atoms with van der Waals surface area (Å²) in [6, 6.07) is 0. The third kappa shape index (κ3) is 3.33. The Morgan fingerprint density at radius 3 is 2.64 bits per heavy atom. The molecule has 22 heavy (non-hydrogen) atoms. The summed E-state index contributed by atoms with van der Waals surface area (Å²) in [4.78, 5) is 11.5. The number of hydrogen-bond acceptors (Lipinski definition) is 4. The predicted molar refractivity (Wildman–Crippen MR) is 87.7 cm³/mol. The van der Waals surface area contributed by atoms with E-state index in [-0.39, 0.29) is 18.6 Å². The number of hydrogen-bond donors (Lipinski definition) is 1. The second kappa shape index (κ2) is 6.88. The van der Waals surface area contributed by atoms with Crippen molar-refractivity contribution in [3.05, 3.63) is 0 Å². The van der Waals surface area contributed by atoms with Gasteiger partial charge in [0.05, 0.1) is 25.4 Å². The quantitative estimate of drug-likeness (QED) is 0.552. The van der Waals surface area contributed by atoms with Gasteiger partial charge >= 0.3 is 5.97 Å². The van der Waals surface area contributed by atoms with Gasteiger partial charge in [-0.2, -0.15) is 0 Å². The Labute approximate surface area is 135 Å². The van der Waals surface area contributed by atoms with Gasteiger partial charge < -0.3 is 14.8 Å². The molecule has 1 N–H and O–H groups in total. The van der Waals surface area contributed by atoms with E-state index in [2.05, 4.69) is 26.1 Å². The predicted octanol–water partition coefficient (Wildman–Crippen LogP) is 3.15. The molecule has 0 heterocycles. The summed E-state index contributed by atoms with van der Waals surface area (Å²) >= 11 is 0. The fraction of sp³-hybridized carbons (Fsp3) is 0.944. The summed E-state index contributed by atoms with van der Waals surface area (Å²) in [7, 11) is 0. The highest BCUT2D eigenvalue weighted by atomic mass is 16.5. The number of carbonyl (C=O) groups excluding carboxylic acids is 1. The largest absolute Gasteiger partial charge is 0.462 e. The van der Waals surface area contributed by atoms with E-state index in [9.17, 15) is 4.79 Å². The van der Waals surface area contributed by atoms with Crippen molar-refractivity contribution < 1.29 is 14.3 Å². The van der Waals surface area contributed by atoms with Crippen LogP contribution in [0.2, 0.25) is 0 Å². The number of rotatable bonds is 8. The van der Waals surface area contributed by atoms with Gasteiger partial charge in [0.25, 0.3) is 0 Å². The monoisotopic (exact) mass is 311 g/mol. The summed E-state index contributed by atoms with van der Waals surface area (Å²) in [5.41, 5.74) is 0.707. The average molecular weight is 311 g/mol. The van der Waals surface area contributed by atoms with Crippen molar-refractivity contribution in [1.82, 2.24) is 5.32 Å². The Morgan fingerprint density at radius 2 is 2.09 bits per heavy atom. The van der Waals surface area contributed by atoms with Crippen LogP contribution in [0.3, 0.4) is 0 Å². The number of fused-ring (bicyclic) bond motifs is 2. The van der Waals surface area contributed by atoms with Crippen molar-refractivity contribution in [2.24, 2.45) is 16.7 Å². The fourth-order valence-corrected chi connectivity index (χ4v) is 4.20. The molecule has 4 atom stereocenters. The number of nitrogens with one attached hydrogen (secondary N) is 1. The lowest BCUT2D eigenvalue weighted by molar-refractivity contribution is -0.147. The topological polar surface area (TPSA) is 47.6 Å². The van der Waals surface area contributed by atoms with Crippen LogP contribution in [0.25, 0.3) is 0 Å². The molecule has 0 spiro atoms. The van der Waals surface area contributed by atoms with Gasteiger partial charge in [0.1, 0.15) is 0 Å². The molecular formula is C18H33NO3. The standard InChI is InChI=1S/C18H33NO3/c1-6-13(2)22-16(20)12-19-9-10-21-15-11-14-7-8-18(15,5)17(14,3)4/h13-15,19H,6-12H2,1-5H3/t13-,14+,15-,18+/m0/s1. The van der Waals surface area contributed by atoms with E-state index >= 15 is 0 Å². The zero-order valence-corrected chi connectivity index (χ0v) is 14.9. The van der Waals surface area contributed by atoms with Crippen molar-refractivity contribution in [3.63, 3.8) is 0 Å². The third-order valence-electron chi connectivity index (χ3n) is 6.49. The van der Waals surface area contributed by atoms with Crippen LogP contribution in [0.4, 0.5) is 0 Å². The molecule has 2 saturated carbocycles. The molecule has 128 valence electrons. The summed E-state index contributed by atoms with van der Waals surface area (Å²) in [6.07, 6.45) is 5.05. The first kappa shape index (κ1) is 17.7. The molecule has 0 aromatic rings. The molecule has 0 saturated heterocycles. The van der Waals surface area contributed by atoms with Crippen molar-refractivity contribution in [3.8, 4) is 0 Å². The zero-order chi connectivity index (χ0) is 16.4. The van der Waals surface area contributed by atoms with Crippen LogP contribution in [0.5, 0.6) is 0 Å². The molecule has 2 aliphatic carbocycles. The molecule has 2 fully saturated rings. The van der Waals surface area contributed by atoms with Crippen molar-refractivity contribution in [1.29, 1.82) is 0 Å². The lowest BCUT2D eigenvalue weighted by Crippen LogP contribution is -2.38. The highest BCUT2D eigenvalue weighted by molar-refractivity contribution is 5.71. The Bertz CT molecular complexity index is 396. The van der Waals surface area contributed by atoms with Crippen LogP contribution in [-0.2, 0) is 14.3 Å². The summed E-state index contributed by atoms with van der Waals surface area (Å²) < 4.78 is 11.4. The minimum Gasteiger partial charge on any atom is -0.462 e. The van der Waals surface area contributed by atoms with Crippen LogP contribution in [0.15, 0.2) is 0 Å². The maximum atomic E-state index is 11.5. The minimum atomic E-state index is -0.178. The molecule has 2 aliphatic rings. The van der Waals surface area contributed by atoms with Crippen molar-refractivity contribution >= 4 is 5.97 Å². The molecule has 4 nitrogen and oxygen atoms in total. The average Bonchev–Trinajstić information content (AvgIpc) is 2.79. The molecule has 0 aromatic carbocycles. The van der Waals surface area contributed by atoms with Gasteiger partial charge in [-0.25, -0.2) is 0 Å². The van der Waals surface area contributed by atoms with Crippen LogP contribution in [-0.4, -0.2) is 37.9 Å². The van der Waals surface area contributed by atoms with Crippen LogP contribution >= 0.6 is 0 Å². The van der Waals surface area contributed by atoms with Gasteiger partial charge in [0.15, 0.2) is 0 Å². The summed E-state index contributed by atoms with van der Waals surface area (Å²) in [6.45, 7) is 12.8. The van der Waals surface area contributed by atoms with E-state index in [4.69, 9.17) is 9.47 Å². The lowest BCUT2D eigenvalue weighted by Gasteiger charge is -2.38. The summed E-state index contributed by atoms with van der Waals surface area (Å²) in [5.74, 6) is 0.628. The van der Waals surface area contributed by atoms with Crippen LogP contribution in [0, 0.1) is 16.7 Å². The van der Waals surface area contributed by atoms with E-state index in [1.54, 1.807) is 0 Å². The number of carbonyl (C=O) groups is 1.